The van der Waals surface area contributed by atoms with Crippen molar-refractivity contribution in [3.05, 3.63) is 76.6 Å². The van der Waals surface area contributed by atoms with Gasteiger partial charge in [-0.1, -0.05) is 64.5 Å². The highest BCUT2D eigenvalue weighted by atomic mass is 79.9. The van der Waals surface area contributed by atoms with E-state index in [4.69, 9.17) is 4.98 Å². The molecule has 1 aromatic heterocycles. The summed E-state index contributed by atoms with van der Waals surface area (Å²) in [5.41, 5.74) is 3.19. The summed E-state index contributed by atoms with van der Waals surface area (Å²) in [5, 5.41) is 8.86. The summed E-state index contributed by atoms with van der Waals surface area (Å²) >= 11 is 5.08. The Bertz CT molecular complexity index is 955. The fourth-order valence-corrected chi connectivity index (χ4v) is 3.53. The van der Waals surface area contributed by atoms with Gasteiger partial charge in [-0.05, 0) is 23.6 Å². The molecule has 0 fully saturated rings. The van der Waals surface area contributed by atoms with Gasteiger partial charge in [0.15, 0.2) is 5.13 Å². The van der Waals surface area contributed by atoms with Gasteiger partial charge in [-0.25, -0.2) is 4.98 Å². The van der Waals surface area contributed by atoms with E-state index in [0.717, 1.165) is 26.5 Å². The third kappa shape index (κ3) is 3.00. The first kappa shape index (κ1) is 14.4. The van der Waals surface area contributed by atoms with Crippen LogP contribution in [0.2, 0.25) is 0 Å². The van der Waals surface area contributed by atoms with Gasteiger partial charge in [0, 0.05) is 26.5 Å². The molecule has 0 spiro atoms. The highest BCUT2D eigenvalue weighted by Gasteiger charge is 2.06. The average molecular weight is 381 g/mol. The molecule has 4 heteroatoms. The molecular formula is C19H13BrN2S. The molecule has 1 N–H and O–H groups in total. The minimum absolute atomic E-state index is 0.902. The second-order valence-corrected chi connectivity index (χ2v) is 6.97. The Labute approximate surface area is 147 Å². The minimum Gasteiger partial charge on any atom is -0.331 e. The molecular weight excluding hydrogens is 368 g/mol. The molecule has 0 amide bonds. The molecule has 23 heavy (non-hydrogen) atoms. The van der Waals surface area contributed by atoms with E-state index < -0.39 is 0 Å². The van der Waals surface area contributed by atoms with Gasteiger partial charge in [-0.3, -0.25) is 0 Å². The molecule has 0 aliphatic carbocycles. The van der Waals surface area contributed by atoms with Gasteiger partial charge in [0.05, 0.1) is 5.69 Å². The topological polar surface area (TPSA) is 24.9 Å². The maximum Gasteiger partial charge on any atom is 0.187 e. The SMILES string of the molecule is Brc1ccc(-c2csc(Nc3cccc4ccccc34)n2)cc1. The first-order valence-electron chi connectivity index (χ1n) is 7.26. The number of nitrogens with zero attached hydrogens (tertiary/aromatic N) is 1. The van der Waals surface area contributed by atoms with Crippen LogP contribution in [0, 0.1) is 0 Å². The zero-order chi connectivity index (χ0) is 15.6. The van der Waals surface area contributed by atoms with Crippen LogP contribution >= 0.6 is 27.3 Å². The van der Waals surface area contributed by atoms with E-state index in [1.54, 1.807) is 11.3 Å². The summed E-state index contributed by atoms with van der Waals surface area (Å²) in [6, 6.07) is 22.8. The number of nitrogens with one attached hydrogen (secondary N) is 1. The predicted octanol–water partition coefficient (Wildman–Crippen LogP) is 6.47. The highest BCUT2D eigenvalue weighted by molar-refractivity contribution is 9.10. The molecule has 0 bridgehead atoms. The smallest absolute Gasteiger partial charge is 0.187 e. The molecule has 112 valence electrons. The van der Waals surface area contributed by atoms with Crippen LogP contribution in [-0.4, -0.2) is 4.98 Å². The molecule has 0 aliphatic heterocycles. The van der Waals surface area contributed by atoms with Crippen molar-refractivity contribution in [2.24, 2.45) is 0 Å². The van der Waals surface area contributed by atoms with Crippen LogP contribution in [0.15, 0.2) is 76.6 Å². The van der Waals surface area contributed by atoms with Crippen molar-refractivity contribution in [2.75, 3.05) is 5.32 Å². The van der Waals surface area contributed by atoms with Crippen LogP contribution < -0.4 is 5.32 Å². The van der Waals surface area contributed by atoms with E-state index in [1.807, 2.05) is 12.1 Å². The van der Waals surface area contributed by atoms with Crippen molar-refractivity contribution in [1.29, 1.82) is 0 Å². The molecule has 1 heterocycles. The molecule has 0 unspecified atom stereocenters. The maximum atomic E-state index is 4.70. The molecule has 0 saturated carbocycles. The Balaban J connectivity index is 1.66. The predicted molar refractivity (Wildman–Crippen MR) is 102 cm³/mol. The summed E-state index contributed by atoms with van der Waals surface area (Å²) in [7, 11) is 0. The Morgan fingerprint density at radius 3 is 2.52 bits per heavy atom. The highest BCUT2D eigenvalue weighted by Crippen LogP contribution is 2.30. The second-order valence-electron chi connectivity index (χ2n) is 5.20. The quantitative estimate of drug-likeness (QED) is 0.440. The number of hydrogen-bond acceptors (Lipinski definition) is 3. The fourth-order valence-electron chi connectivity index (χ4n) is 2.53. The Kier molecular flexibility index (Phi) is 3.85. The lowest BCUT2D eigenvalue weighted by atomic mass is 10.1. The fraction of sp³-hybridized carbons (Fsp3) is 0. The third-order valence-electron chi connectivity index (χ3n) is 3.68. The summed E-state index contributed by atoms with van der Waals surface area (Å²) in [6.45, 7) is 0. The van der Waals surface area contributed by atoms with Crippen molar-refractivity contribution in [3.8, 4) is 11.3 Å². The number of halogens is 1. The maximum absolute atomic E-state index is 4.70. The van der Waals surface area contributed by atoms with Gasteiger partial charge in [0.2, 0.25) is 0 Å². The number of aromatic nitrogens is 1. The molecule has 0 saturated heterocycles. The first-order chi connectivity index (χ1) is 11.3. The van der Waals surface area contributed by atoms with Crippen molar-refractivity contribution in [3.63, 3.8) is 0 Å². The Morgan fingerprint density at radius 1 is 0.870 bits per heavy atom. The van der Waals surface area contributed by atoms with E-state index in [1.165, 1.54) is 10.8 Å². The Hall–Kier alpha value is -2.17. The van der Waals surface area contributed by atoms with E-state index in [-0.39, 0.29) is 0 Å². The third-order valence-corrected chi connectivity index (χ3v) is 4.96. The lowest BCUT2D eigenvalue weighted by Gasteiger charge is -2.07. The van der Waals surface area contributed by atoms with Crippen molar-refractivity contribution in [1.82, 2.24) is 4.98 Å². The van der Waals surface area contributed by atoms with Crippen LogP contribution in [0.3, 0.4) is 0 Å². The number of hydrogen-bond donors (Lipinski definition) is 1. The normalized spacial score (nSPS) is 10.8. The molecule has 4 aromatic rings. The lowest BCUT2D eigenvalue weighted by Crippen LogP contribution is -1.90. The monoisotopic (exact) mass is 380 g/mol. The average Bonchev–Trinajstić information content (AvgIpc) is 3.04. The Morgan fingerprint density at radius 2 is 1.65 bits per heavy atom. The first-order valence-corrected chi connectivity index (χ1v) is 8.93. The van der Waals surface area contributed by atoms with Gasteiger partial charge in [0.25, 0.3) is 0 Å². The minimum atomic E-state index is 0.902. The largest absolute Gasteiger partial charge is 0.331 e. The van der Waals surface area contributed by atoms with Crippen LogP contribution in [0.25, 0.3) is 22.0 Å². The number of benzene rings is 3. The van der Waals surface area contributed by atoms with E-state index in [0.29, 0.717) is 0 Å². The zero-order valence-corrected chi connectivity index (χ0v) is 14.6. The van der Waals surface area contributed by atoms with Crippen molar-refractivity contribution in [2.45, 2.75) is 0 Å². The number of rotatable bonds is 3. The number of fused-ring (bicyclic) bond motifs is 1. The van der Waals surface area contributed by atoms with E-state index >= 15 is 0 Å². The molecule has 0 radical (unpaired) electrons. The van der Waals surface area contributed by atoms with Crippen LogP contribution in [0.4, 0.5) is 10.8 Å². The van der Waals surface area contributed by atoms with Gasteiger partial charge in [-0.15, -0.1) is 11.3 Å². The van der Waals surface area contributed by atoms with Crippen LogP contribution in [0.1, 0.15) is 0 Å². The van der Waals surface area contributed by atoms with Crippen molar-refractivity contribution < 1.29 is 0 Å². The van der Waals surface area contributed by atoms with Crippen molar-refractivity contribution >= 4 is 48.9 Å². The van der Waals surface area contributed by atoms with Gasteiger partial charge < -0.3 is 5.32 Å². The summed E-state index contributed by atoms with van der Waals surface area (Å²) in [6.07, 6.45) is 0. The summed E-state index contributed by atoms with van der Waals surface area (Å²) in [5.74, 6) is 0. The van der Waals surface area contributed by atoms with Crippen LogP contribution in [0.5, 0.6) is 0 Å². The van der Waals surface area contributed by atoms with E-state index in [9.17, 15) is 0 Å². The zero-order valence-electron chi connectivity index (χ0n) is 12.2. The van der Waals surface area contributed by atoms with E-state index in [2.05, 4.69) is 81.2 Å². The van der Waals surface area contributed by atoms with Gasteiger partial charge in [0.1, 0.15) is 0 Å². The molecule has 0 atom stereocenters. The second kappa shape index (κ2) is 6.14. The van der Waals surface area contributed by atoms with Gasteiger partial charge >= 0.3 is 0 Å². The standard InChI is InChI=1S/C19H13BrN2S/c20-15-10-8-14(9-11-15)18-12-23-19(22-18)21-17-7-3-5-13-4-1-2-6-16(13)17/h1-12H,(H,21,22). The summed E-state index contributed by atoms with van der Waals surface area (Å²) < 4.78 is 1.07. The number of anilines is 2. The summed E-state index contributed by atoms with van der Waals surface area (Å²) in [4.78, 5) is 4.70. The number of thiazole rings is 1. The molecule has 2 nitrogen and oxygen atoms in total. The van der Waals surface area contributed by atoms with Crippen LogP contribution in [-0.2, 0) is 0 Å². The lowest BCUT2D eigenvalue weighted by molar-refractivity contribution is 1.39. The van der Waals surface area contributed by atoms with Gasteiger partial charge in [-0.2, -0.15) is 0 Å². The molecule has 3 aromatic carbocycles. The molecule has 4 rings (SSSR count). The molecule has 0 aliphatic rings.